The van der Waals surface area contributed by atoms with E-state index in [0.717, 1.165) is 36.4 Å². The molecule has 0 amide bonds. The minimum absolute atomic E-state index is 0.408. The lowest BCUT2D eigenvalue weighted by atomic mass is 9.77. The molecule has 2 N–H and O–H groups in total. The zero-order valence-corrected chi connectivity index (χ0v) is 13.1. The van der Waals surface area contributed by atoms with Crippen LogP contribution < -0.4 is 10.5 Å². The van der Waals surface area contributed by atoms with Gasteiger partial charge in [-0.2, -0.15) is 0 Å². The molecule has 1 atom stereocenters. The lowest BCUT2D eigenvalue weighted by Crippen LogP contribution is -2.41. The van der Waals surface area contributed by atoms with E-state index in [2.05, 4.69) is 12.1 Å². The summed E-state index contributed by atoms with van der Waals surface area (Å²) >= 11 is 1.83. The van der Waals surface area contributed by atoms with Crippen LogP contribution in [0.25, 0.3) is 0 Å². The fourth-order valence-electron chi connectivity index (χ4n) is 3.63. The number of hydrogen-bond donors (Lipinski definition) is 1. The predicted octanol–water partition coefficient (Wildman–Crippen LogP) is 3.18. The summed E-state index contributed by atoms with van der Waals surface area (Å²) in [6.45, 7) is 0. The number of rotatable bonds is 2. The molecule has 2 aliphatic rings. The van der Waals surface area contributed by atoms with Crippen LogP contribution in [-0.4, -0.2) is 12.1 Å². The van der Waals surface area contributed by atoms with Crippen molar-refractivity contribution in [3.8, 4) is 5.75 Å². The number of aromatic nitrogens is 1. The van der Waals surface area contributed by atoms with Crippen molar-refractivity contribution in [3.63, 3.8) is 0 Å². The maximum absolute atomic E-state index is 6.85. The van der Waals surface area contributed by atoms with E-state index in [0.29, 0.717) is 0 Å². The minimum Gasteiger partial charge on any atom is -0.497 e. The van der Waals surface area contributed by atoms with Gasteiger partial charge in [0.05, 0.1) is 18.3 Å². The van der Waals surface area contributed by atoms with Crippen molar-refractivity contribution in [2.75, 3.05) is 7.11 Å². The van der Waals surface area contributed by atoms with Gasteiger partial charge in [0.15, 0.2) is 0 Å². The van der Waals surface area contributed by atoms with Gasteiger partial charge in [-0.1, -0.05) is 6.07 Å². The molecule has 0 bridgehead atoms. The molecule has 3 nitrogen and oxygen atoms in total. The van der Waals surface area contributed by atoms with Gasteiger partial charge in [-0.3, -0.25) is 0 Å². The molecule has 2 aliphatic carbocycles. The number of fused-ring (bicyclic) bond motifs is 2. The molecule has 0 radical (unpaired) electrons. The van der Waals surface area contributed by atoms with Crippen molar-refractivity contribution in [3.05, 3.63) is 44.9 Å². The predicted molar refractivity (Wildman–Crippen MR) is 85.0 cm³/mol. The normalized spacial score (nSPS) is 23.7. The first kappa shape index (κ1) is 13.3. The van der Waals surface area contributed by atoms with Crippen LogP contribution in [0, 0.1) is 0 Å². The fourth-order valence-corrected chi connectivity index (χ4v) is 4.93. The molecule has 0 saturated carbocycles. The Morgan fingerprint density at radius 2 is 2.14 bits per heavy atom. The van der Waals surface area contributed by atoms with Crippen LogP contribution in [0.5, 0.6) is 5.75 Å². The molecule has 0 aliphatic heterocycles. The van der Waals surface area contributed by atoms with Gasteiger partial charge in [-0.15, -0.1) is 11.3 Å². The largest absolute Gasteiger partial charge is 0.497 e. The molecule has 4 heteroatoms. The Balaban J connectivity index is 1.81. The van der Waals surface area contributed by atoms with Crippen LogP contribution >= 0.6 is 11.3 Å². The summed E-state index contributed by atoms with van der Waals surface area (Å²) in [4.78, 5) is 6.34. The molecule has 2 aromatic rings. The summed E-state index contributed by atoms with van der Waals surface area (Å²) in [7, 11) is 1.71. The van der Waals surface area contributed by atoms with E-state index in [1.165, 1.54) is 34.5 Å². The number of thiazole rings is 1. The van der Waals surface area contributed by atoms with Gasteiger partial charge in [0.2, 0.25) is 0 Å². The summed E-state index contributed by atoms with van der Waals surface area (Å²) < 4.78 is 5.35. The zero-order valence-electron chi connectivity index (χ0n) is 12.3. The fraction of sp³-hybridized carbons (Fsp3) is 0.471. The van der Waals surface area contributed by atoms with Crippen LogP contribution in [0.3, 0.4) is 0 Å². The summed E-state index contributed by atoms with van der Waals surface area (Å²) in [6.07, 6.45) is 6.73. The highest BCUT2D eigenvalue weighted by molar-refractivity contribution is 7.12. The third-order valence-corrected chi connectivity index (χ3v) is 6.12. The maximum Gasteiger partial charge on any atom is 0.119 e. The molecule has 1 aromatic carbocycles. The second-order valence-electron chi connectivity index (χ2n) is 6.09. The lowest BCUT2D eigenvalue weighted by Gasteiger charge is -2.34. The third-order valence-electron chi connectivity index (χ3n) is 4.79. The topological polar surface area (TPSA) is 48.1 Å². The first-order valence-electron chi connectivity index (χ1n) is 7.66. The third kappa shape index (κ3) is 2.00. The van der Waals surface area contributed by atoms with Crippen molar-refractivity contribution in [1.82, 2.24) is 4.98 Å². The highest BCUT2D eigenvalue weighted by Gasteiger charge is 2.38. The molecule has 0 fully saturated rings. The highest BCUT2D eigenvalue weighted by Crippen LogP contribution is 2.43. The van der Waals surface area contributed by atoms with E-state index in [1.807, 2.05) is 17.4 Å². The van der Waals surface area contributed by atoms with Crippen molar-refractivity contribution < 1.29 is 4.74 Å². The Kier molecular flexibility index (Phi) is 3.05. The number of nitrogens with two attached hydrogens (primary N) is 1. The quantitative estimate of drug-likeness (QED) is 0.926. The molecule has 110 valence electrons. The molecule has 0 saturated heterocycles. The van der Waals surface area contributed by atoms with Crippen LogP contribution in [0.15, 0.2) is 18.2 Å². The molecule has 4 rings (SSSR count). The summed E-state index contributed by atoms with van der Waals surface area (Å²) in [5.41, 5.74) is 10.3. The number of ether oxygens (including phenoxy) is 1. The van der Waals surface area contributed by atoms with Gasteiger partial charge < -0.3 is 10.5 Å². The highest BCUT2D eigenvalue weighted by atomic mass is 32.1. The second-order valence-corrected chi connectivity index (χ2v) is 7.17. The van der Waals surface area contributed by atoms with E-state index >= 15 is 0 Å². The van der Waals surface area contributed by atoms with Gasteiger partial charge in [0.25, 0.3) is 0 Å². The van der Waals surface area contributed by atoms with Crippen LogP contribution in [0.1, 0.15) is 46.0 Å². The van der Waals surface area contributed by atoms with Crippen molar-refractivity contribution in [2.24, 2.45) is 5.73 Å². The lowest BCUT2D eigenvalue weighted by molar-refractivity contribution is 0.407. The molecule has 1 aromatic heterocycles. The summed E-state index contributed by atoms with van der Waals surface area (Å²) in [6, 6.07) is 6.30. The van der Waals surface area contributed by atoms with E-state index in [1.54, 1.807) is 7.11 Å². The molecule has 1 unspecified atom stereocenters. The molecule has 1 heterocycles. The van der Waals surface area contributed by atoms with Gasteiger partial charge in [0.1, 0.15) is 10.8 Å². The second kappa shape index (κ2) is 4.82. The molecular formula is C17H20N2OS. The van der Waals surface area contributed by atoms with Gasteiger partial charge in [-0.25, -0.2) is 4.98 Å². The maximum atomic E-state index is 6.85. The number of benzene rings is 1. The molecule has 21 heavy (non-hydrogen) atoms. The van der Waals surface area contributed by atoms with E-state index in [4.69, 9.17) is 15.5 Å². The SMILES string of the molecule is COc1ccc2c(c1)CCCC2(N)c1nc2c(s1)CCC2. The average molecular weight is 300 g/mol. The Hall–Kier alpha value is -1.39. The number of methoxy groups -OCH3 is 1. The van der Waals surface area contributed by atoms with E-state index in [9.17, 15) is 0 Å². The molecule has 0 spiro atoms. The Bertz CT molecular complexity index is 673. The smallest absolute Gasteiger partial charge is 0.119 e. The first-order chi connectivity index (χ1) is 10.2. The number of nitrogens with zero attached hydrogens (tertiary/aromatic N) is 1. The van der Waals surface area contributed by atoms with Crippen LogP contribution in [-0.2, 0) is 24.8 Å². The Labute approximate surface area is 129 Å². The first-order valence-corrected chi connectivity index (χ1v) is 8.48. The van der Waals surface area contributed by atoms with Crippen LogP contribution in [0.4, 0.5) is 0 Å². The van der Waals surface area contributed by atoms with Gasteiger partial charge >= 0.3 is 0 Å². The summed E-state index contributed by atoms with van der Waals surface area (Å²) in [5.74, 6) is 0.916. The number of aryl methyl sites for hydroxylation is 3. The number of hydrogen-bond acceptors (Lipinski definition) is 4. The van der Waals surface area contributed by atoms with Crippen molar-refractivity contribution >= 4 is 11.3 Å². The van der Waals surface area contributed by atoms with Crippen LogP contribution in [0.2, 0.25) is 0 Å². The monoisotopic (exact) mass is 300 g/mol. The van der Waals surface area contributed by atoms with Gasteiger partial charge in [0, 0.05) is 4.88 Å². The van der Waals surface area contributed by atoms with Crippen molar-refractivity contribution in [2.45, 2.75) is 44.1 Å². The van der Waals surface area contributed by atoms with Gasteiger partial charge in [-0.05, 0) is 61.8 Å². The zero-order chi connectivity index (χ0) is 14.4. The Morgan fingerprint density at radius 1 is 1.24 bits per heavy atom. The standard InChI is InChI=1S/C17H20N2OS/c1-20-12-7-8-13-11(10-12)4-3-9-17(13,18)16-19-14-5-2-6-15(14)21-16/h7-8,10H,2-6,9,18H2,1H3. The minimum atomic E-state index is -0.408. The summed E-state index contributed by atoms with van der Waals surface area (Å²) in [5, 5.41) is 1.11. The van der Waals surface area contributed by atoms with Crippen molar-refractivity contribution in [1.29, 1.82) is 0 Å². The Morgan fingerprint density at radius 3 is 2.95 bits per heavy atom. The van der Waals surface area contributed by atoms with E-state index in [-0.39, 0.29) is 0 Å². The average Bonchev–Trinajstić information content (AvgIpc) is 3.08. The molecular weight excluding hydrogens is 280 g/mol. The van der Waals surface area contributed by atoms with E-state index < -0.39 is 5.54 Å².